The van der Waals surface area contributed by atoms with Gasteiger partial charge in [-0.1, -0.05) is 19.9 Å². The van der Waals surface area contributed by atoms with Crippen LogP contribution < -0.4 is 20.1 Å². The Balaban J connectivity index is 1.49. The average Bonchev–Trinajstić information content (AvgIpc) is 3.16. The molecule has 3 aromatic rings. The number of aryl methyl sites for hydroxylation is 1. The highest BCUT2D eigenvalue weighted by atomic mass is 32.2. The number of ketones is 1. The molecule has 0 spiro atoms. The molecule has 3 heterocycles. The van der Waals surface area contributed by atoms with Gasteiger partial charge in [0.15, 0.2) is 17.7 Å². The third kappa shape index (κ3) is 6.35. The maximum atomic E-state index is 13.4. The maximum absolute atomic E-state index is 13.4. The van der Waals surface area contributed by atoms with Crippen LogP contribution in [0.3, 0.4) is 0 Å². The van der Waals surface area contributed by atoms with Crippen LogP contribution in [0.2, 0.25) is 0 Å². The normalized spacial score (nSPS) is 17.3. The summed E-state index contributed by atoms with van der Waals surface area (Å²) in [6.45, 7) is 5.04. The number of sulfonamides is 1. The molecule has 220 valence electrons. The fourth-order valence-electron chi connectivity index (χ4n) is 4.95. The van der Waals surface area contributed by atoms with Crippen molar-refractivity contribution >= 4 is 38.6 Å². The molecule has 13 heteroatoms. The fourth-order valence-corrected chi connectivity index (χ4v) is 6.42. The summed E-state index contributed by atoms with van der Waals surface area (Å²) in [6.07, 6.45) is 1.84. The zero-order chi connectivity index (χ0) is 29.9. The summed E-state index contributed by atoms with van der Waals surface area (Å²) in [7, 11) is -2.70. The summed E-state index contributed by atoms with van der Waals surface area (Å²) in [6, 6.07) is 7.30. The number of amides is 2. The molecule has 2 aromatic heterocycles. The molecule has 2 atom stereocenters. The van der Waals surface area contributed by atoms with Crippen molar-refractivity contribution < 1.29 is 36.7 Å². The molecule has 1 aromatic carbocycles. The Morgan fingerprint density at radius 3 is 2.66 bits per heavy atom. The summed E-state index contributed by atoms with van der Waals surface area (Å²) < 4.78 is 38.5. The van der Waals surface area contributed by atoms with Crippen molar-refractivity contribution in [3.63, 3.8) is 0 Å². The molecule has 0 aliphatic carbocycles. The lowest BCUT2D eigenvalue weighted by Gasteiger charge is -2.23. The Hall–Kier alpha value is -3.97. The van der Waals surface area contributed by atoms with E-state index in [1.807, 2.05) is 13.8 Å². The molecule has 0 radical (unpaired) electrons. The second-order valence-corrected chi connectivity index (χ2v) is 12.3. The SMILES string of the molecule is COc1cccc2oc(C(=O)N[C@@H](CC(C)C)C(=O)NC3CCCN(S(=O)(=O)c4cccc[n+]4[O-])CC3=O)c(C)c12. The maximum Gasteiger partial charge on any atom is 0.323 e. The van der Waals surface area contributed by atoms with E-state index in [-0.39, 0.29) is 35.8 Å². The zero-order valence-electron chi connectivity index (χ0n) is 23.4. The number of Topliss-reactive ketones (excluding diaryl/α,β-unsaturated/α-hetero) is 1. The molecule has 41 heavy (non-hydrogen) atoms. The fraction of sp³-hybridized carbons (Fsp3) is 0.429. The number of rotatable bonds is 9. The van der Waals surface area contributed by atoms with Crippen LogP contribution in [-0.2, 0) is 19.6 Å². The number of carbonyl (C=O) groups is 3. The van der Waals surface area contributed by atoms with Crippen molar-refractivity contribution in [1.82, 2.24) is 14.9 Å². The predicted molar refractivity (Wildman–Crippen MR) is 149 cm³/mol. The quantitative estimate of drug-likeness (QED) is 0.284. The van der Waals surface area contributed by atoms with Gasteiger partial charge in [0.25, 0.3) is 5.91 Å². The Bertz CT molecular complexity index is 1570. The van der Waals surface area contributed by atoms with E-state index in [1.54, 1.807) is 25.1 Å². The van der Waals surface area contributed by atoms with Gasteiger partial charge in [-0.05, 0) is 50.3 Å². The molecule has 4 rings (SSSR count). The van der Waals surface area contributed by atoms with E-state index in [4.69, 9.17) is 9.15 Å². The highest BCUT2D eigenvalue weighted by Gasteiger charge is 2.37. The topological polar surface area (TPSA) is 162 Å². The number of fused-ring (bicyclic) bond motifs is 1. The number of carbonyl (C=O) groups excluding carboxylic acids is 3. The number of nitrogens with one attached hydrogen (secondary N) is 2. The van der Waals surface area contributed by atoms with Gasteiger partial charge < -0.3 is 25.0 Å². The summed E-state index contributed by atoms with van der Waals surface area (Å²) in [5.41, 5.74) is 1.04. The van der Waals surface area contributed by atoms with E-state index >= 15 is 0 Å². The average molecular weight is 587 g/mol. The first kappa shape index (κ1) is 30.0. The number of nitrogens with zero attached hydrogens (tertiary/aromatic N) is 2. The van der Waals surface area contributed by atoms with Gasteiger partial charge in [-0.15, -0.1) is 0 Å². The Kier molecular flexibility index (Phi) is 8.98. The van der Waals surface area contributed by atoms with Crippen LogP contribution >= 0.6 is 0 Å². The molecular formula is C28H34N4O8S. The van der Waals surface area contributed by atoms with Crippen molar-refractivity contribution in [1.29, 1.82) is 0 Å². The van der Waals surface area contributed by atoms with E-state index in [9.17, 15) is 28.0 Å². The van der Waals surface area contributed by atoms with Crippen LogP contribution in [0, 0.1) is 18.0 Å². The van der Waals surface area contributed by atoms with Crippen LogP contribution in [-0.4, -0.2) is 62.6 Å². The van der Waals surface area contributed by atoms with Crippen molar-refractivity contribution in [2.45, 2.75) is 57.1 Å². The van der Waals surface area contributed by atoms with E-state index in [2.05, 4.69) is 10.6 Å². The van der Waals surface area contributed by atoms with Gasteiger partial charge in [0.05, 0.1) is 25.1 Å². The predicted octanol–water partition coefficient (Wildman–Crippen LogP) is 2.07. The summed E-state index contributed by atoms with van der Waals surface area (Å²) >= 11 is 0. The van der Waals surface area contributed by atoms with Crippen LogP contribution in [0.1, 0.15) is 49.2 Å². The minimum Gasteiger partial charge on any atom is -0.618 e. The van der Waals surface area contributed by atoms with Crippen LogP contribution in [0.5, 0.6) is 5.75 Å². The van der Waals surface area contributed by atoms with E-state index < -0.39 is 51.3 Å². The lowest BCUT2D eigenvalue weighted by Crippen LogP contribution is -2.53. The number of benzene rings is 1. The molecular weight excluding hydrogens is 552 g/mol. The molecule has 1 saturated heterocycles. The van der Waals surface area contributed by atoms with Crippen molar-refractivity contribution in [3.8, 4) is 5.75 Å². The molecule has 2 N–H and O–H groups in total. The Labute approximate surface area is 238 Å². The third-order valence-electron chi connectivity index (χ3n) is 7.00. The van der Waals surface area contributed by atoms with Crippen LogP contribution in [0.25, 0.3) is 11.0 Å². The highest BCUT2D eigenvalue weighted by molar-refractivity contribution is 7.89. The van der Waals surface area contributed by atoms with E-state index in [1.165, 1.54) is 25.3 Å². The Morgan fingerprint density at radius 2 is 1.98 bits per heavy atom. The number of methoxy groups -OCH3 is 1. The molecule has 0 bridgehead atoms. The minimum absolute atomic E-state index is 0.0102. The van der Waals surface area contributed by atoms with E-state index in [0.717, 1.165) is 10.5 Å². The number of hydrogen-bond acceptors (Lipinski definition) is 8. The van der Waals surface area contributed by atoms with Crippen LogP contribution in [0.15, 0.2) is 52.0 Å². The monoisotopic (exact) mass is 586 g/mol. The molecule has 12 nitrogen and oxygen atoms in total. The highest BCUT2D eigenvalue weighted by Crippen LogP contribution is 2.33. The lowest BCUT2D eigenvalue weighted by molar-refractivity contribution is -0.646. The zero-order valence-corrected chi connectivity index (χ0v) is 24.2. The second-order valence-electron chi connectivity index (χ2n) is 10.4. The largest absolute Gasteiger partial charge is 0.618 e. The van der Waals surface area contributed by atoms with E-state index in [0.29, 0.717) is 28.7 Å². The molecule has 2 amide bonds. The molecule has 1 unspecified atom stereocenters. The smallest absolute Gasteiger partial charge is 0.323 e. The molecule has 1 aliphatic rings. The van der Waals surface area contributed by atoms with Gasteiger partial charge >= 0.3 is 15.0 Å². The van der Waals surface area contributed by atoms with Gasteiger partial charge in [-0.2, -0.15) is 9.04 Å². The number of hydrogen-bond donors (Lipinski definition) is 2. The molecule has 0 saturated carbocycles. The molecule has 1 aliphatic heterocycles. The van der Waals surface area contributed by atoms with Gasteiger partial charge in [0.1, 0.15) is 17.4 Å². The van der Waals surface area contributed by atoms with Gasteiger partial charge in [0, 0.05) is 24.2 Å². The van der Waals surface area contributed by atoms with Gasteiger partial charge in [-0.3, -0.25) is 14.4 Å². The first-order valence-electron chi connectivity index (χ1n) is 13.3. The van der Waals surface area contributed by atoms with Gasteiger partial charge in [-0.25, -0.2) is 8.42 Å². The second kappa shape index (κ2) is 12.3. The number of furan rings is 1. The van der Waals surface area contributed by atoms with Crippen molar-refractivity contribution in [2.75, 3.05) is 20.2 Å². The summed E-state index contributed by atoms with van der Waals surface area (Å²) in [4.78, 5) is 39.7. The first-order chi connectivity index (χ1) is 19.4. The third-order valence-corrected chi connectivity index (χ3v) is 8.84. The number of ether oxygens (including phenoxy) is 1. The number of pyridine rings is 1. The van der Waals surface area contributed by atoms with Crippen molar-refractivity contribution in [2.24, 2.45) is 5.92 Å². The number of aromatic nitrogens is 1. The standard InChI is InChI=1S/C28H34N4O8S/c1-17(2)15-20(30-28(35)26-18(3)25-22(39-4)10-7-11-23(25)40-26)27(34)29-19-9-8-13-31(16-21(19)33)41(37,38)24-12-5-6-14-32(24)36/h5-7,10-12,14,17,19-20H,8-9,13,15-16H2,1-4H3,(H,29,34)(H,30,35)/t19?,20-/m0/s1. The van der Waals surface area contributed by atoms with Crippen LogP contribution in [0.4, 0.5) is 0 Å². The molecule has 1 fully saturated rings. The van der Waals surface area contributed by atoms with Crippen molar-refractivity contribution in [3.05, 3.63) is 59.1 Å². The minimum atomic E-state index is -4.23. The summed E-state index contributed by atoms with van der Waals surface area (Å²) in [5, 5.41) is 17.7. The summed E-state index contributed by atoms with van der Waals surface area (Å²) in [5.74, 6) is -1.03. The first-order valence-corrected chi connectivity index (χ1v) is 14.8. The Morgan fingerprint density at radius 1 is 1.22 bits per heavy atom. The van der Waals surface area contributed by atoms with Gasteiger partial charge in [0.2, 0.25) is 5.91 Å². The lowest BCUT2D eigenvalue weighted by atomic mass is 10.0.